The second-order valence-electron chi connectivity index (χ2n) is 5.36. The van der Waals surface area contributed by atoms with Crippen molar-refractivity contribution < 1.29 is 4.79 Å². The molecule has 0 aromatic carbocycles. The van der Waals surface area contributed by atoms with Crippen molar-refractivity contribution in [3.05, 3.63) is 0 Å². The fourth-order valence-corrected chi connectivity index (χ4v) is 2.71. The lowest BCUT2D eigenvalue weighted by atomic mass is 9.89. The number of carbonyl (C=O) groups is 1. The van der Waals surface area contributed by atoms with Crippen LogP contribution in [0.5, 0.6) is 0 Å². The first kappa shape index (κ1) is 10.9. The molecule has 2 heterocycles. The zero-order valence-corrected chi connectivity index (χ0v) is 9.88. The van der Waals surface area contributed by atoms with Crippen LogP contribution in [0.2, 0.25) is 0 Å². The molecule has 0 saturated carbocycles. The van der Waals surface area contributed by atoms with E-state index in [2.05, 4.69) is 19.2 Å². The maximum Gasteiger partial charge on any atom is 0.242 e. The van der Waals surface area contributed by atoms with E-state index in [1.165, 1.54) is 19.3 Å². The van der Waals surface area contributed by atoms with Crippen molar-refractivity contribution in [3.8, 4) is 0 Å². The Bertz CT molecular complexity index is 246. The first-order valence-electron chi connectivity index (χ1n) is 6.16. The van der Waals surface area contributed by atoms with Gasteiger partial charge in [0.1, 0.15) is 0 Å². The predicted octanol–water partition coefficient (Wildman–Crippen LogP) is 1.39. The molecule has 86 valence electrons. The van der Waals surface area contributed by atoms with E-state index in [1.54, 1.807) is 0 Å². The predicted molar refractivity (Wildman–Crippen MR) is 60.6 cm³/mol. The molecule has 2 aliphatic heterocycles. The molecule has 1 amide bonds. The summed E-state index contributed by atoms with van der Waals surface area (Å²) in [7, 11) is 0. The van der Waals surface area contributed by atoms with Gasteiger partial charge >= 0.3 is 0 Å². The van der Waals surface area contributed by atoms with E-state index in [0.717, 1.165) is 26.1 Å². The van der Waals surface area contributed by atoms with Crippen LogP contribution in [-0.4, -0.2) is 36.0 Å². The van der Waals surface area contributed by atoms with Gasteiger partial charge in [-0.2, -0.15) is 0 Å². The van der Waals surface area contributed by atoms with Crippen LogP contribution in [0.3, 0.4) is 0 Å². The summed E-state index contributed by atoms with van der Waals surface area (Å²) in [5.41, 5.74) is -0.275. The Labute approximate surface area is 92.2 Å². The summed E-state index contributed by atoms with van der Waals surface area (Å²) in [5, 5.41) is 3.40. The Hall–Kier alpha value is -0.570. The molecular formula is C12H22N2O. The highest BCUT2D eigenvalue weighted by Gasteiger charge is 2.39. The van der Waals surface area contributed by atoms with Gasteiger partial charge in [-0.05, 0) is 45.1 Å². The monoisotopic (exact) mass is 210 g/mol. The van der Waals surface area contributed by atoms with Crippen LogP contribution in [0, 0.1) is 5.92 Å². The number of likely N-dealkylation sites (tertiary alicyclic amines) is 1. The smallest absolute Gasteiger partial charge is 0.242 e. The van der Waals surface area contributed by atoms with Gasteiger partial charge in [0, 0.05) is 13.1 Å². The molecule has 3 heteroatoms. The highest BCUT2D eigenvalue weighted by Crippen LogP contribution is 2.24. The third-order valence-electron chi connectivity index (χ3n) is 3.80. The Kier molecular flexibility index (Phi) is 3.01. The van der Waals surface area contributed by atoms with Gasteiger partial charge in [-0.1, -0.05) is 6.92 Å². The second-order valence-corrected chi connectivity index (χ2v) is 5.36. The lowest BCUT2D eigenvalue weighted by Gasteiger charge is -2.36. The average molecular weight is 210 g/mol. The molecule has 2 atom stereocenters. The molecule has 2 aliphatic rings. The van der Waals surface area contributed by atoms with Crippen LogP contribution < -0.4 is 5.32 Å². The van der Waals surface area contributed by atoms with Crippen molar-refractivity contribution >= 4 is 5.91 Å². The maximum absolute atomic E-state index is 12.3. The van der Waals surface area contributed by atoms with Crippen LogP contribution >= 0.6 is 0 Å². The van der Waals surface area contributed by atoms with Crippen molar-refractivity contribution in [2.75, 3.05) is 19.6 Å². The van der Waals surface area contributed by atoms with Crippen molar-refractivity contribution in [2.24, 2.45) is 5.92 Å². The maximum atomic E-state index is 12.3. The third-order valence-corrected chi connectivity index (χ3v) is 3.80. The summed E-state index contributed by atoms with van der Waals surface area (Å²) in [6, 6.07) is 0. The standard InChI is InChI=1S/C12H22N2O/c1-10-5-8-14(9-10)11(15)12(2)6-3-4-7-13-12/h10,13H,3-9H2,1-2H3. The molecule has 0 radical (unpaired) electrons. The molecule has 2 fully saturated rings. The average Bonchev–Trinajstić information content (AvgIpc) is 2.65. The summed E-state index contributed by atoms with van der Waals surface area (Å²) in [6.45, 7) is 7.19. The summed E-state index contributed by atoms with van der Waals surface area (Å²) < 4.78 is 0. The summed E-state index contributed by atoms with van der Waals surface area (Å²) in [4.78, 5) is 14.4. The number of hydrogen-bond acceptors (Lipinski definition) is 2. The molecule has 2 rings (SSSR count). The van der Waals surface area contributed by atoms with Crippen molar-refractivity contribution in [2.45, 2.75) is 45.1 Å². The molecule has 0 aromatic heterocycles. The number of nitrogens with one attached hydrogen (secondary N) is 1. The molecule has 2 unspecified atom stereocenters. The third kappa shape index (κ3) is 2.17. The Morgan fingerprint density at radius 1 is 1.47 bits per heavy atom. The Morgan fingerprint density at radius 3 is 2.80 bits per heavy atom. The highest BCUT2D eigenvalue weighted by molar-refractivity contribution is 5.86. The first-order valence-corrected chi connectivity index (χ1v) is 6.16. The Morgan fingerprint density at radius 2 is 2.27 bits per heavy atom. The van der Waals surface area contributed by atoms with Crippen LogP contribution in [0.4, 0.5) is 0 Å². The molecule has 1 N–H and O–H groups in total. The van der Waals surface area contributed by atoms with Gasteiger partial charge in [-0.15, -0.1) is 0 Å². The number of rotatable bonds is 1. The summed E-state index contributed by atoms with van der Waals surface area (Å²) in [5.74, 6) is 1.01. The van der Waals surface area contributed by atoms with Gasteiger partial charge in [0.2, 0.25) is 5.91 Å². The van der Waals surface area contributed by atoms with E-state index >= 15 is 0 Å². The van der Waals surface area contributed by atoms with Gasteiger partial charge in [0.05, 0.1) is 5.54 Å². The lowest BCUT2D eigenvalue weighted by molar-refractivity contribution is -0.137. The van der Waals surface area contributed by atoms with E-state index in [9.17, 15) is 4.79 Å². The van der Waals surface area contributed by atoms with Crippen LogP contribution in [0.25, 0.3) is 0 Å². The van der Waals surface area contributed by atoms with Gasteiger partial charge in [0.15, 0.2) is 0 Å². The van der Waals surface area contributed by atoms with E-state index in [-0.39, 0.29) is 5.54 Å². The van der Waals surface area contributed by atoms with E-state index in [1.807, 2.05) is 4.90 Å². The summed E-state index contributed by atoms with van der Waals surface area (Å²) in [6.07, 6.45) is 4.55. The fraction of sp³-hybridized carbons (Fsp3) is 0.917. The molecule has 2 saturated heterocycles. The minimum atomic E-state index is -0.275. The largest absolute Gasteiger partial charge is 0.341 e. The zero-order valence-electron chi connectivity index (χ0n) is 9.88. The minimum absolute atomic E-state index is 0.275. The molecule has 0 aliphatic carbocycles. The minimum Gasteiger partial charge on any atom is -0.341 e. The topological polar surface area (TPSA) is 32.3 Å². The van der Waals surface area contributed by atoms with Crippen LogP contribution in [-0.2, 0) is 4.79 Å². The molecule has 0 aromatic rings. The van der Waals surface area contributed by atoms with Gasteiger partial charge in [0.25, 0.3) is 0 Å². The van der Waals surface area contributed by atoms with Crippen molar-refractivity contribution in [3.63, 3.8) is 0 Å². The van der Waals surface area contributed by atoms with E-state index in [0.29, 0.717) is 11.8 Å². The van der Waals surface area contributed by atoms with Crippen LogP contribution in [0.1, 0.15) is 39.5 Å². The highest BCUT2D eigenvalue weighted by atomic mass is 16.2. The van der Waals surface area contributed by atoms with Gasteiger partial charge in [-0.3, -0.25) is 4.79 Å². The van der Waals surface area contributed by atoms with Gasteiger partial charge in [-0.25, -0.2) is 0 Å². The normalized spacial score (nSPS) is 36.9. The fourth-order valence-electron chi connectivity index (χ4n) is 2.71. The Balaban J connectivity index is 1.99. The first-order chi connectivity index (χ1) is 7.12. The number of amides is 1. The molecule has 3 nitrogen and oxygen atoms in total. The van der Waals surface area contributed by atoms with E-state index in [4.69, 9.17) is 0 Å². The van der Waals surface area contributed by atoms with E-state index < -0.39 is 0 Å². The number of carbonyl (C=O) groups excluding carboxylic acids is 1. The van der Waals surface area contributed by atoms with Crippen molar-refractivity contribution in [1.82, 2.24) is 10.2 Å². The number of piperidine rings is 1. The lowest BCUT2D eigenvalue weighted by Crippen LogP contribution is -2.57. The van der Waals surface area contributed by atoms with Gasteiger partial charge < -0.3 is 10.2 Å². The molecule has 0 spiro atoms. The molecular weight excluding hydrogens is 188 g/mol. The zero-order chi connectivity index (χ0) is 10.9. The van der Waals surface area contributed by atoms with Crippen molar-refractivity contribution in [1.29, 1.82) is 0 Å². The summed E-state index contributed by atoms with van der Waals surface area (Å²) >= 11 is 0. The quantitative estimate of drug-likeness (QED) is 0.709. The van der Waals surface area contributed by atoms with Crippen LogP contribution in [0.15, 0.2) is 0 Å². The molecule has 15 heavy (non-hydrogen) atoms. The number of nitrogens with zero attached hydrogens (tertiary/aromatic N) is 1. The molecule has 0 bridgehead atoms. The number of hydrogen-bond donors (Lipinski definition) is 1. The SMILES string of the molecule is CC1CCN(C(=O)C2(C)CCCCN2)C1. The second kappa shape index (κ2) is 4.12.